The summed E-state index contributed by atoms with van der Waals surface area (Å²) >= 11 is 1.54. The molecule has 0 aliphatic rings. The fourth-order valence-corrected chi connectivity index (χ4v) is 1.80. The Morgan fingerprint density at radius 3 is 2.76 bits per heavy atom. The first-order valence-corrected chi connectivity index (χ1v) is 6.82. The molecule has 0 atom stereocenters. The maximum absolute atomic E-state index is 5.10. The second kappa shape index (κ2) is 7.34. The number of ether oxygens (including phenoxy) is 1. The van der Waals surface area contributed by atoms with Crippen LogP contribution in [0.5, 0.6) is 0 Å². The highest BCUT2D eigenvalue weighted by Crippen LogP contribution is 2.19. The summed E-state index contributed by atoms with van der Waals surface area (Å²) in [6.07, 6.45) is 1.98. The summed E-state index contributed by atoms with van der Waals surface area (Å²) < 4.78 is 5.10. The van der Waals surface area contributed by atoms with Crippen molar-refractivity contribution in [2.45, 2.75) is 12.1 Å². The summed E-state index contributed by atoms with van der Waals surface area (Å²) in [4.78, 5) is 11.0. The van der Waals surface area contributed by atoms with Crippen molar-refractivity contribution >= 4 is 23.4 Å². The normalized spacial score (nSPS) is 10.4. The van der Waals surface area contributed by atoms with Gasteiger partial charge in [-0.2, -0.15) is 0 Å². The number of hydrogen-bond acceptors (Lipinski definition) is 6. The lowest BCUT2D eigenvalue weighted by atomic mass is 10.4. The number of anilines is 2. The molecule has 0 aliphatic heterocycles. The average molecular weight is 256 g/mol. The van der Waals surface area contributed by atoms with Gasteiger partial charge in [-0.25, -0.2) is 9.97 Å². The molecule has 17 heavy (non-hydrogen) atoms. The molecular weight excluding hydrogens is 236 g/mol. The Bertz CT molecular complexity index is 326. The van der Waals surface area contributed by atoms with Crippen molar-refractivity contribution in [1.82, 2.24) is 9.97 Å². The number of likely N-dealkylation sites (N-methyl/N-ethyl adjacent to an activating group) is 1. The molecule has 5 nitrogen and oxygen atoms in total. The lowest BCUT2D eigenvalue weighted by Crippen LogP contribution is -2.28. The Labute approximate surface area is 107 Å². The summed E-state index contributed by atoms with van der Waals surface area (Å²) in [6, 6.07) is 1.96. The fraction of sp³-hybridized carbons (Fsp3) is 0.636. The maximum atomic E-state index is 5.10. The summed E-state index contributed by atoms with van der Waals surface area (Å²) in [7, 11) is 3.57. The van der Waals surface area contributed by atoms with E-state index in [0.717, 1.165) is 29.9 Å². The molecule has 1 rings (SSSR count). The standard InChI is InChI=1S/C11H20N4OS/c1-5-15(6-7-16-3)10-8-9(12-2)13-11(14-10)17-4/h8H,5-7H2,1-4H3,(H,12,13,14). The minimum atomic E-state index is 0.696. The van der Waals surface area contributed by atoms with Crippen molar-refractivity contribution in [1.29, 1.82) is 0 Å². The van der Waals surface area contributed by atoms with Gasteiger partial charge in [0.05, 0.1) is 6.61 Å². The van der Waals surface area contributed by atoms with Gasteiger partial charge in [-0.15, -0.1) is 0 Å². The zero-order chi connectivity index (χ0) is 12.7. The molecule has 0 unspecified atom stereocenters. The lowest BCUT2D eigenvalue weighted by Gasteiger charge is -2.22. The van der Waals surface area contributed by atoms with E-state index in [9.17, 15) is 0 Å². The highest BCUT2D eigenvalue weighted by Gasteiger charge is 2.09. The van der Waals surface area contributed by atoms with Gasteiger partial charge in [-0.1, -0.05) is 11.8 Å². The molecule has 1 aromatic heterocycles. The van der Waals surface area contributed by atoms with E-state index in [-0.39, 0.29) is 0 Å². The minimum Gasteiger partial charge on any atom is -0.383 e. The highest BCUT2D eigenvalue weighted by molar-refractivity contribution is 7.98. The van der Waals surface area contributed by atoms with Gasteiger partial charge in [-0.3, -0.25) is 0 Å². The Morgan fingerprint density at radius 2 is 2.24 bits per heavy atom. The maximum Gasteiger partial charge on any atom is 0.191 e. The zero-order valence-corrected chi connectivity index (χ0v) is 11.7. The Kier molecular flexibility index (Phi) is 6.07. The van der Waals surface area contributed by atoms with E-state index in [2.05, 4.69) is 27.1 Å². The number of aromatic nitrogens is 2. The number of rotatable bonds is 7. The van der Waals surface area contributed by atoms with E-state index in [1.807, 2.05) is 19.4 Å². The van der Waals surface area contributed by atoms with Gasteiger partial charge in [0.2, 0.25) is 0 Å². The number of nitrogens with zero attached hydrogens (tertiary/aromatic N) is 3. The summed E-state index contributed by atoms with van der Waals surface area (Å²) in [6.45, 7) is 4.54. The van der Waals surface area contributed by atoms with Crippen molar-refractivity contribution in [3.05, 3.63) is 6.07 Å². The molecule has 0 spiro atoms. The molecule has 0 aliphatic carbocycles. The van der Waals surface area contributed by atoms with E-state index in [4.69, 9.17) is 4.74 Å². The quantitative estimate of drug-likeness (QED) is 0.592. The van der Waals surface area contributed by atoms with Crippen LogP contribution in [-0.4, -0.2) is 50.1 Å². The molecule has 1 aromatic rings. The van der Waals surface area contributed by atoms with Gasteiger partial charge >= 0.3 is 0 Å². The SMILES string of the molecule is CCN(CCOC)c1cc(NC)nc(SC)n1. The Balaban J connectivity index is 2.92. The molecule has 0 radical (unpaired) electrons. The van der Waals surface area contributed by atoms with E-state index in [1.54, 1.807) is 18.9 Å². The van der Waals surface area contributed by atoms with Crippen molar-refractivity contribution in [3.8, 4) is 0 Å². The van der Waals surface area contributed by atoms with Crippen molar-refractivity contribution in [2.75, 3.05) is 50.3 Å². The number of nitrogens with one attached hydrogen (secondary N) is 1. The molecule has 0 amide bonds. The van der Waals surface area contributed by atoms with Gasteiger partial charge in [0, 0.05) is 33.3 Å². The second-order valence-electron chi connectivity index (χ2n) is 3.42. The molecule has 1 N–H and O–H groups in total. The topological polar surface area (TPSA) is 50.3 Å². The van der Waals surface area contributed by atoms with Crippen LogP contribution in [0.2, 0.25) is 0 Å². The van der Waals surface area contributed by atoms with Crippen LogP contribution in [0.3, 0.4) is 0 Å². The van der Waals surface area contributed by atoms with Gasteiger partial charge in [-0.05, 0) is 13.2 Å². The predicted molar refractivity (Wildman–Crippen MR) is 73.1 cm³/mol. The largest absolute Gasteiger partial charge is 0.383 e. The molecule has 0 saturated carbocycles. The van der Waals surface area contributed by atoms with Gasteiger partial charge in [0.1, 0.15) is 11.6 Å². The van der Waals surface area contributed by atoms with Crippen LogP contribution >= 0.6 is 11.8 Å². The Hall–Kier alpha value is -1.01. The molecular formula is C11H20N4OS. The van der Waals surface area contributed by atoms with Crippen molar-refractivity contribution < 1.29 is 4.74 Å². The van der Waals surface area contributed by atoms with Crippen LogP contribution in [0.1, 0.15) is 6.92 Å². The summed E-state index contributed by atoms with van der Waals surface area (Å²) in [5.41, 5.74) is 0. The second-order valence-corrected chi connectivity index (χ2v) is 4.19. The summed E-state index contributed by atoms with van der Waals surface area (Å²) in [5.74, 6) is 1.78. The van der Waals surface area contributed by atoms with Gasteiger partial charge < -0.3 is 15.0 Å². The van der Waals surface area contributed by atoms with Crippen molar-refractivity contribution in [3.63, 3.8) is 0 Å². The van der Waals surface area contributed by atoms with Crippen LogP contribution in [0, 0.1) is 0 Å². The molecule has 0 saturated heterocycles. The van der Waals surface area contributed by atoms with Crippen LogP contribution < -0.4 is 10.2 Å². The first kappa shape index (κ1) is 14.1. The number of methoxy groups -OCH3 is 1. The molecule has 96 valence electrons. The average Bonchev–Trinajstić information content (AvgIpc) is 2.39. The molecule has 0 aromatic carbocycles. The third-order valence-electron chi connectivity index (χ3n) is 2.40. The summed E-state index contributed by atoms with van der Waals surface area (Å²) in [5, 5.41) is 3.84. The Morgan fingerprint density at radius 1 is 1.47 bits per heavy atom. The molecule has 0 fully saturated rings. The third-order valence-corrected chi connectivity index (χ3v) is 2.95. The van der Waals surface area contributed by atoms with Gasteiger partial charge in [0.25, 0.3) is 0 Å². The number of thioether (sulfide) groups is 1. The lowest BCUT2D eigenvalue weighted by molar-refractivity contribution is 0.205. The monoisotopic (exact) mass is 256 g/mol. The van der Waals surface area contributed by atoms with Gasteiger partial charge in [0.15, 0.2) is 5.16 Å². The molecule has 6 heteroatoms. The van der Waals surface area contributed by atoms with E-state index in [0.29, 0.717) is 6.61 Å². The third kappa shape index (κ3) is 4.05. The first-order valence-electron chi connectivity index (χ1n) is 5.59. The van der Waals surface area contributed by atoms with Crippen LogP contribution in [-0.2, 0) is 4.74 Å². The highest BCUT2D eigenvalue weighted by atomic mass is 32.2. The minimum absolute atomic E-state index is 0.696. The fourth-order valence-electron chi connectivity index (χ4n) is 1.43. The number of hydrogen-bond donors (Lipinski definition) is 1. The van der Waals surface area contributed by atoms with E-state index >= 15 is 0 Å². The predicted octanol–water partition coefficient (Wildman–Crippen LogP) is 1.71. The molecule has 1 heterocycles. The van der Waals surface area contributed by atoms with Crippen molar-refractivity contribution in [2.24, 2.45) is 0 Å². The van der Waals surface area contributed by atoms with Crippen LogP contribution in [0.15, 0.2) is 11.2 Å². The molecule has 0 bridgehead atoms. The van der Waals surface area contributed by atoms with E-state index in [1.165, 1.54) is 0 Å². The van der Waals surface area contributed by atoms with Crippen LogP contribution in [0.25, 0.3) is 0 Å². The van der Waals surface area contributed by atoms with Crippen LogP contribution in [0.4, 0.5) is 11.6 Å². The zero-order valence-electron chi connectivity index (χ0n) is 10.9. The first-order chi connectivity index (χ1) is 8.24. The van der Waals surface area contributed by atoms with E-state index < -0.39 is 0 Å². The smallest absolute Gasteiger partial charge is 0.191 e.